The molecule has 0 bridgehead atoms. The third kappa shape index (κ3) is 8.69. The second-order valence-corrected chi connectivity index (χ2v) is 13.2. The van der Waals surface area contributed by atoms with Crippen molar-refractivity contribution >= 4 is 35.6 Å². The Balaban J connectivity index is 1.31. The van der Waals surface area contributed by atoms with Gasteiger partial charge in [-0.2, -0.15) is 5.10 Å². The first kappa shape index (κ1) is 34.8. The Morgan fingerprint density at radius 1 is 0.958 bits per heavy atom. The molecule has 256 valence electrons. The third-order valence-corrected chi connectivity index (χ3v) is 9.74. The Kier molecular flexibility index (Phi) is 12.0. The van der Waals surface area contributed by atoms with E-state index in [0.717, 1.165) is 63.6 Å². The summed E-state index contributed by atoms with van der Waals surface area (Å²) in [5, 5.41) is 10.2. The van der Waals surface area contributed by atoms with E-state index in [1.54, 1.807) is 30.9 Å². The van der Waals surface area contributed by atoms with Gasteiger partial charge in [-0.3, -0.25) is 28.8 Å². The molecule has 3 atom stereocenters. The highest BCUT2D eigenvalue weighted by atomic mass is 16.2. The van der Waals surface area contributed by atoms with Crippen LogP contribution in [0.5, 0.6) is 0 Å². The quantitative estimate of drug-likeness (QED) is 0.271. The second kappa shape index (κ2) is 16.5. The number of amides is 4. The van der Waals surface area contributed by atoms with Crippen LogP contribution < -0.4 is 15.5 Å². The number of carbonyl (C=O) groups excluding carboxylic acids is 4. The van der Waals surface area contributed by atoms with E-state index in [9.17, 15) is 19.2 Å². The maximum atomic E-state index is 14.1. The van der Waals surface area contributed by atoms with E-state index < -0.39 is 12.1 Å². The lowest BCUT2D eigenvalue weighted by atomic mass is 9.82. The van der Waals surface area contributed by atoms with Crippen molar-refractivity contribution in [2.24, 2.45) is 13.0 Å². The first-order valence-electron chi connectivity index (χ1n) is 17.2. The summed E-state index contributed by atoms with van der Waals surface area (Å²) in [6, 6.07) is 17.9. The molecule has 2 aromatic carbocycles. The number of anilines is 2. The van der Waals surface area contributed by atoms with E-state index in [1.807, 2.05) is 47.4 Å². The molecule has 2 fully saturated rings. The number of hydrogen-bond donors (Lipinski definition) is 2. The van der Waals surface area contributed by atoms with Crippen LogP contribution >= 0.6 is 0 Å². The minimum absolute atomic E-state index is 0.00773. The number of aryl methyl sites for hydroxylation is 1. The minimum atomic E-state index is -0.713. The Labute approximate surface area is 283 Å². The van der Waals surface area contributed by atoms with Gasteiger partial charge in [0.2, 0.25) is 24.1 Å². The zero-order valence-electron chi connectivity index (χ0n) is 28.4. The van der Waals surface area contributed by atoms with Gasteiger partial charge in [-0.15, -0.1) is 0 Å². The monoisotopic (exact) mass is 655 g/mol. The molecular formula is C37H49N7O4. The molecule has 1 aromatic heterocycles. The minimum Gasteiger partial charge on any atom is -0.344 e. The van der Waals surface area contributed by atoms with Crippen LogP contribution in [0.4, 0.5) is 11.5 Å². The van der Waals surface area contributed by atoms with Crippen LogP contribution in [0, 0.1) is 5.92 Å². The van der Waals surface area contributed by atoms with Gasteiger partial charge in [0, 0.05) is 57.3 Å². The topological polar surface area (TPSA) is 120 Å². The van der Waals surface area contributed by atoms with E-state index in [1.165, 1.54) is 10.5 Å². The van der Waals surface area contributed by atoms with Crippen molar-refractivity contribution in [3.63, 3.8) is 0 Å². The molecule has 3 aromatic rings. The molecule has 2 N–H and O–H groups in total. The highest BCUT2D eigenvalue weighted by molar-refractivity contribution is 6.00. The van der Waals surface area contributed by atoms with Gasteiger partial charge in [0.15, 0.2) is 0 Å². The van der Waals surface area contributed by atoms with Crippen molar-refractivity contribution < 1.29 is 19.2 Å². The summed E-state index contributed by atoms with van der Waals surface area (Å²) in [6.45, 7) is 3.90. The van der Waals surface area contributed by atoms with Gasteiger partial charge in [-0.05, 0) is 55.5 Å². The van der Waals surface area contributed by atoms with E-state index in [-0.39, 0.29) is 36.1 Å². The van der Waals surface area contributed by atoms with Gasteiger partial charge in [0.05, 0.1) is 6.20 Å². The SMILES string of the molecule is CCC(=O)N[C@H](Cc1ccc(NC(=O)[C@H](C2CCCCC2)N(C=O)c2ccnn2C)cc1)C(=O)N1CCN(C)C[C@@H]1Cc1ccccc1. The molecule has 11 nitrogen and oxygen atoms in total. The number of benzene rings is 2. The van der Waals surface area contributed by atoms with E-state index in [0.29, 0.717) is 24.5 Å². The van der Waals surface area contributed by atoms with Crippen molar-refractivity contribution in [3.8, 4) is 0 Å². The van der Waals surface area contributed by atoms with Gasteiger partial charge >= 0.3 is 0 Å². The molecule has 2 aliphatic rings. The fraction of sp³-hybridized carbons (Fsp3) is 0.486. The van der Waals surface area contributed by atoms with Crippen LogP contribution in [0.15, 0.2) is 66.9 Å². The van der Waals surface area contributed by atoms with Crippen molar-refractivity contribution in [2.45, 2.75) is 76.4 Å². The molecule has 48 heavy (non-hydrogen) atoms. The smallest absolute Gasteiger partial charge is 0.247 e. The Morgan fingerprint density at radius 3 is 2.33 bits per heavy atom. The molecular weight excluding hydrogens is 606 g/mol. The average molecular weight is 656 g/mol. The van der Waals surface area contributed by atoms with Gasteiger partial charge in [0.25, 0.3) is 0 Å². The maximum Gasteiger partial charge on any atom is 0.247 e. The number of rotatable bonds is 13. The third-order valence-electron chi connectivity index (χ3n) is 9.74. The molecule has 11 heteroatoms. The summed E-state index contributed by atoms with van der Waals surface area (Å²) < 4.78 is 1.60. The highest BCUT2D eigenvalue weighted by Gasteiger charge is 2.37. The summed E-state index contributed by atoms with van der Waals surface area (Å²) >= 11 is 0. The summed E-state index contributed by atoms with van der Waals surface area (Å²) in [7, 11) is 3.83. The molecule has 1 saturated carbocycles. The largest absolute Gasteiger partial charge is 0.344 e. The molecule has 5 rings (SSSR count). The summed E-state index contributed by atoms with van der Waals surface area (Å²) in [5.41, 5.74) is 2.64. The molecule has 2 heterocycles. The fourth-order valence-electron chi connectivity index (χ4n) is 7.13. The van der Waals surface area contributed by atoms with Gasteiger partial charge in [-0.25, -0.2) is 0 Å². The van der Waals surface area contributed by atoms with Gasteiger partial charge in [-0.1, -0.05) is 68.7 Å². The number of nitrogens with zero attached hydrogens (tertiary/aromatic N) is 5. The first-order chi connectivity index (χ1) is 23.3. The van der Waals surface area contributed by atoms with Crippen LogP contribution in [-0.2, 0) is 39.1 Å². The first-order valence-corrected chi connectivity index (χ1v) is 17.2. The number of aromatic nitrogens is 2. The van der Waals surface area contributed by atoms with Gasteiger partial charge in [0.1, 0.15) is 17.9 Å². The number of likely N-dealkylation sites (N-methyl/N-ethyl adjacent to an activating group) is 1. The predicted molar refractivity (Wildman–Crippen MR) is 186 cm³/mol. The molecule has 4 amide bonds. The number of hydrogen-bond acceptors (Lipinski definition) is 6. The number of piperazine rings is 1. The fourth-order valence-corrected chi connectivity index (χ4v) is 7.13. The van der Waals surface area contributed by atoms with Crippen LogP contribution in [0.25, 0.3) is 0 Å². The lowest BCUT2D eigenvalue weighted by molar-refractivity contribution is -0.140. The lowest BCUT2D eigenvalue weighted by Crippen LogP contribution is -2.60. The summed E-state index contributed by atoms with van der Waals surface area (Å²) in [5.74, 6) is 0.107. The summed E-state index contributed by atoms with van der Waals surface area (Å²) in [4.78, 5) is 58.6. The van der Waals surface area contributed by atoms with Crippen LogP contribution in [0.3, 0.4) is 0 Å². The molecule has 1 aliphatic heterocycles. The van der Waals surface area contributed by atoms with E-state index in [2.05, 4.69) is 39.8 Å². The zero-order valence-corrected chi connectivity index (χ0v) is 28.4. The highest BCUT2D eigenvalue weighted by Crippen LogP contribution is 2.32. The predicted octanol–water partition coefficient (Wildman–Crippen LogP) is 3.79. The van der Waals surface area contributed by atoms with Crippen molar-refractivity contribution in [2.75, 3.05) is 36.9 Å². The molecule has 0 radical (unpaired) electrons. The van der Waals surface area contributed by atoms with Crippen LogP contribution in [-0.4, -0.2) is 88.5 Å². The average Bonchev–Trinajstić information content (AvgIpc) is 3.53. The number of carbonyl (C=O) groups is 4. The van der Waals surface area contributed by atoms with Crippen molar-refractivity contribution in [1.82, 2.24) is 24.9 Å². The Bertz CT molecular complexity index is 1520. The van der Waals surface area contributed by atoms with Crippen LogP contribution in [0.2, 0.25) is 0 Å². The molecule has 0 unspecified atom stereocenters. The van der Waals surface area contributed by atoms with Gasteiger partial charge < -0.3 is 20.4 Å². The van der Waals surface area contributed by atoms with Crippen molar-refractivity contribution in [3.05, 3.63) is 78.0 Å². The second-order valence-electron chi connectivity index (χ2n) is 13.2. The molecule has 1 saturated heterocycles. The van der Waals surface area contributed by atoms with E-state index >= 15 is 0 Å². The van der Waals surface area contributed by atoms with Crippen molar-refractivity contribution in [1.29, 1.82) is 0 Å². The summed E-state index contributed by atoms with van der Waals surface area (Å²) in [6.07, 6.45) is 8.62. The van der Waals surface area contributed by atoms with E-state index in [4.69, 9.17) is 0 Å². The van der Waals surface area contributed by atoms with Crippen LogP contribution in [0.1, 0.15) is 56.6 Å². The standard InChI is InChI=1S/C37H49N7O4/c1-4-33(46)40-32(37(48)43-22-21-41(2)25-31(43)23-27-11-7-5-8-12-27)24-28-15-17-30(18-16-28)39-36(47)35(29-13-9-6-10-14-29)44(26-45)34-19-20-38-42(34)3/h5,7-8,11-12,15-20,26,29,31-32,35H,4,6,9-10,13-14,21-25H2,1-3H3,(H,39,47)(H,40,46)/t31-,32+,35-/m0/s1. The Morgan fingerprint density at radius 2 is 1.69 bits per heavy atom. The maximum absolute atomic E-state index is 14.1. The number of nitrogens with one attached hydrogen (secondary N) is 2. The lowest BCUT2D eigenvalue weighted by Gasteiger charge is -2.41. The molecule has 0 spiro atoms. The normalized spacial score (nSPS) is 18.5. The Hall–Kier alpha value is -4.51. The molecule has 1 aliphatic carbocycles. The zero-order chi connectivity index (χ0) is 34.0.